The normalized spacial score (nSPS) is 19.2. The summed E-state index contributed by atoms with van der Waals surface area (Å²) in [6.45, 7) is 3.66. The largest absolute Gasteiger partial charge is 0.396 e. The highest BCUT2D eigenvalue weighted by molar-refractivity contribution is 6.36. The van der Waals surface area contributed by atoms with E-state index in [9.17, 15) is 19.5 Å². The summed E-state index contributed by atoms with van der Waals surface area (Å²) in [5.74, 6) is -2.03. The van der Waals surface area contributed by atoms with Gasteiger partial charge in [-0.25, -0.2) is 0 Å². The van der Waals surface area contributed by atoms with E-state index < -0.39 is 29.1 Å². The second-order valence-electron chi connectivity index (χ2n) is 6.36. The highest BCUT2D eigenvalue weighted by Gasteiger charge is 2.32. The van der Waals surface area contributed by atoms with Crippen molar-refractivity contribution in [2.75, 3.05) is 26.3 Å². The first-order valence-corrected chi connectivity index (χ1v) is 7.77. The van der Waals surface area contributed by atoms with Gasteiger partial charge in [-0.2, -0.15) is 0 Å². The number of Topliss-reactive ketones (excluding diaryl/α,β-unsaturated/α-hetero) is 1. The number of ketones is 1. The Kier molecular flexibility index (Phi) is 7.60. The van der Waals surface area contributed by atoms with Crippen molar-refractivity contribution < 1.29 is 29.3 Å². The molecule has 0 bridgehead atoms. The van der Waals surface area contributed by atoms with Crippen molar-refractivity contribution in [2.45, 2.75) is 45.3 Å². The number of carbonyl (C=O) groups is 3. The van der Waals surface area contributed by atoms with Crippen molar-refractivity contribution in [3.63, 3.8) is 0 Å². The van der Waals surface area contributed by atoms with Crippen LogP contribution in [0.5, 0.6) is 0 Å². The summed E-state index contributed by atoms with van der Waals surface area (Å²) in [5.41, 5.74) is -0.979. The molecule has 1 saturated heterocycles. The maximum absolute atomic E-state index is 11.7. The predicted molar refractivity (Wildman–Crippen MR) is 81.5 cm³/mol. The molecule has 8 nitrogen and oxygen atoms in total. The Labute approximate surface area is 135 Å². The minimum absolute atomic E-state index is 0.0395. The number of amides is 2. The lowest BCUT2D eigenvalue weighted by Crippen LogP contribution is -2.46. The standard InChI is InChI=1S/C15H26N2O6/c1-15(2,9-18)12(20)14(22)16-6-5-11(19)13(21)17-8-10-4-3-7-23-10/h10,12,18,20H,3-9H2,1-2H3,(H,16,22)(H,17,21). The SMILES string of the molecule is CC(C)(CO)C(O)C(=O)NCCC(=O)C(=O)NCC1CCCO1. The van der Waals surface area contributed by atoms with Gasteiger partial charge in [-0.1, -0.05) is 13.8 Å². The Bertz CT molecular complexity index is 432. The minimum atomic E-state index is -1.39. The number of hydrogen-bond acceptors (Lipinski definition) is 6. The number of aliphatic hydroxyl groups is 2. The molecule has 0 spiro atoms. The molecule has 2 amide bonds. The van der Waals surface area contributed by atoms with Crippen LogP contribution in [0, 0.1) is 5.41 Å². The second-order valence-corrected chi connectivity index (χ2v) is 6.36. The third-order valence-electron chi connectivity index (χ3n) is 3.81. The molecule has 1 aliphatic heterocycles. The number of aliphatic hydroxyl groups excluding tert-OH is 2. The van der Waals surface area contributed by atoms with Gasteiger partial charge in [0.05, 0.1) is 12.7 Å². The lowest BCUT2D eigenvalue weighted by Gasteiger charge is -2.27. The third kappa shape index (κ3) is 6.25. The topological polar surface area (TPSA) is 125 Å². The van der Waals surface area contributed by atoms with E-state index in [0.29, 0.717) is 13.2 Å². The first kappa shape index (κ1) is 19.5. The van der Waals surface area contributed by atoms with Gasteiger partial charge in [0.15, 0.2) is 0 Å². The van der Waals surface area contributed by atoms with Crippen LogP contribution in [0.1, 0.15) is 33.1 Å². The Balaban J connectivity index is 2.24. The number of carbonyl (C=O) groups excluding carboxylic acids is 3. The van der Waals surface area contributed by atoms with Gasteiger partial charge < -0.3 is 25.6 Å². The van der Waals surface area contributed by atoms with Gasteiger partial charge in [-0.15, -0.1) is 0 Å². The van der Waals surface area contributed by atoms with Crippen molar-refractivity contribution in [3.8, 4) is 0 Å². The quantitative estimate of drug-likeness (QED) is 0.391. The molecule has 1 rings (SSSR count). The molecule has 2 atom stereocenters. The van der Waals surface area contributed by atoms with E-state index in [1.807, 2.05) is 0 Å². The molecular weight excluding hydrogens is 304 g/mol. The fourth-order valence-corrected chi connectivity index (χ4v) is 2.06. The molecule has 2 unspecified atom stereocenters. The molecule has 0 saturated carbocycles. The Morgan fingerprint density at radius 1 is 1.30 bits per heavy atom. The van der Waals surface area contributed by atoms with Crippen LogP contribution >= 0.6 is 0 Å². The second kappa shape index (κ2) is 8.95. The smallest absolute Gasteiger partial charge is 0.287 e. The Morgan fingerprint density at radius 2 is 2.00 bits per heavy atom. The van der Waals surface area contributed by atoms with Crippen molar-refractivity contribution in [1.82, 2.24) is 10.6 Å². The number of ether oxygens (including phenoxy) is 1. The van der Waals surface area contributed by atoms with Crippen LogP contribution in [-0.2, 0) is 19.1 Å². The van der Waals surface area contributed by atoms with Crippen molar-refractivity contribution in [2.24, 2.45) is 5.41 Å². The fraction of sp³-hybridized carbons (Fsp3) is 0.800. The summed E-state index contributed by atoms with van der Waals surface area (Å²) in [6.07, 6.45) is 0.226. The predicted octanol–water partition coefficient (Wildman–Crippen LogP) is -1.26. The molecule has 1 fully saturated rings. The lowest BCUT2D eigenvalue weighted by atomic mass is 9.87. The van der Waals surface area contributed by atoms with Crippen LogP contribution in [0.4, 0.5) is 0 Å². The Morgan fingerprint density at radius 3 is 2.57 bits per heavy atom. The molecule has 0 aromatic rings. The van der Waals surface area contributed by atoms with E-state index in [1.54, 1.807) is 13.8 Å². The number of hydrogen-bond donors (Lipinski definition) is 4. The lowest BCUT2D eigenvalue weighted by molar-refractivity contribution is -0.139. The highest BCUT2D eigenvalue weighted by Crippen LogP contribution is 2.19. The maximum atomic E-state index is 11.7. The van der Waals surface area contributed by atoms with Gasteiger partial charge >= 0.3 is 0 Å². The zero-order valence-electron chi connectivity index (χ0n) is 13.6. The van der Waals surface area contributed by atoms with Crippen LogP contribution in [0.15, 0.2) is 0 Å². The first-order valence-electron chi connectivity index (χ1n) is 7.77. The van der Waals surface area contributed by atoms with E-state index in [4.69, 9.17) is 9.84 Å². The van der Waals surface area contributed by atoms with Crippen LogP contribution in [-0.4, -0.2) is 66.3 Å². The molecule has 0 aromatic heterocycles. The average Bonchev–Trinajstić information content (AvgIpc) is 3.04. The maximum Gasteiger partial charge on any atom is 0.287 e. The van der Waals surface area contributed by atoms with E-state index in [1.165, 1.54) is 0 Å². The van der Waals surface area contributed by atoms with E-state index in [2.05, 4.69) is 10.6 Å². The molecule has 0 aliphatic carbocycles. The van der Waals surface area contributed by atoms with Crippen LogP contribution in [0.3, 0.4) is 0 Å². The van der Waals surface area contributed by atoms with Gasteiger partial charge in [0, 0.05) is 31.5 Å². The molecule has 1 aliphatic rings. The molecule has 132 valence electrons. The summed E-state index contributed by atoms with van der Waals surface area (Å²) < 4.78 is 5.33. The van der Waals surface area contributed by atoms with Crippen LogP contribution in [0.2, 0.25) is 0 Å². The molecule has 23 heavy (non-hydrogen) atoms. The van der Waals surface area contributed by atoms with Gasteiger partial charge in [0.1, 0.15) is 6.10 Å². The summed E-state index contributed by atoms with van der Waals surface area (Å²) in [7, 11) is 0. The van der Waals surface area contributed by atoms with Gasteiger partial charge in [-0.3, -0.25) is 14.4 Å². The Hall–Kier alpha value is -1.51. The summed E-state index contributed by atoms with van der Waals surface area (Å²) in [6, 6.07) is 0. The molecule has 1 heterocycles. The summed E-state index contributed by atoms with van der Waals surface area (Å²) in [4.78, 5) is 34.9. The van der Waals surface area contributed by atoms with Crippen molar-refractivity contribution >= 4 is 17.6 Å². The van der Waals surface area contributed by atoms with Crippen LogP contribution in [0.25, 0.3) is 0 Å². The average molecular weight is 330 g/mol. The molecule has 8 heteroatoms. The molecule has 0 radical (unpaired) electrons. The highest BCUT2D eigenvalue weighted by atomic mass is 16.5. The molecular formula is C15H26N2O6. The van der Waals surface area contributed by atoms with E-state index in [-0.39, 0.29) is 25.7 Å². The monoisotopic (exact) mass is 330 g/mol. The summed E-state index contributed by atoms with van der Waals surface area (Å²) >= 11 is 0. The number of nitrogens with one attached hydrogen (secondary N) is 2. The summed E-state index contributed by atoms with van der Waals surface area (Å²) in [5, 5.41) is 23.8. The van der Waals surface area contributed by atoms with Crippen LogP contribution < -0.4 is 10.6 Å². The molecule has 0 aromatic carbocycles. The van der Waals surface area contributed by atoms with Crippen molar-refractivity contribution in [3.05, 3.63) is 0 Å². The van der Waals surface area contributed by atoms with Crippen molar-refractivity contribution in [1.29, 1.82) is 0 Å². The first-order chi connectivity index (χ1) is 10.8. The van der Waals surface area contributed by atoms with Gasteiger partial charge in [-0.05, 0) is 12.8 Å². The zero-order valence-corrected chi connectivity index (χ0v) is 13.6. The molecule has 4 N–H and O–H groups in total. The van der Waals surface area contributed by atoms with Gasteiger partial charge in [0.2, 0.25) is 11.7 Å². The van der Waals surface area contributed by atoms with E-state index in [0.717, 1.165) is 12.8 Å². The van der Waals surface area contributed by atoms with Gasteiger partial charge in [0.25, 0.3) is 5.91 Å². The van der Waals surface area contributed by atoms with E-state index >= 15 is 0 Å². The third-order valence-corrected chi connectivity index (χ3v) is 3.81. The fourth-order valence-electron chi connectivity index (χ4n) is 2.06. The number of rotatable bonds is 9. The zero-order chi connectivity index (χ0) is 17.5. The minimum Gasteiger partial charge on any atom is -0.396 e.